The van der Waals surface area contributed by atoms with E-state index in [2.05, 4.69) is 5.32 Å². The zero-order valence-corrected chi connectivity index (χ0v) is 11.4. The third-order valence-electron chi connectivity index (χ3n) is 4.07. The zero-order valence-electron chi connectivity index (χ0n) is 10.6. The Balaban J connectivity index is 0.00000180. The fourth-order valence-corrected chi connectivity index (χ4v) is 3.44. The van der Waals surface area contributed by atoms with Gasteiger partial charge in [0.05, 0.1) is 0 Å². The monoisotopic (exact) mass is 300 g/mol. The van der Waals surface area contributed by atoms with Crippen LogP contribution in [0.1, 0.15) is 38.5 Å². The molecule has 3 nitrogen and oxygen atoms in total. The molecule has 0 radical (unpaired) electrons. The lowest BCUT2D eigenvalue weighted by Gasteiger charge is -2.45. The first-order valence-corrected chi connectivity index (χ1v) is 6.47. The molecule has 3 N–H and O–H groups in total. The molecule has 0 aromatic rings. The molecule has 2 unspecified atom stereocenters. The smallest absolute Gasteiger partial charge is 0.353 e. The second-order valence-electron chi connectivity index (χ2n) is 5.57. The van der Waals surface area contributed by atoms with Crippen molar-refractivity contribution >= 4 is 18.3 Å². The maximum absolute atomic E-state index is 12.1. The minimum absolute atomic E-state index is 0. The molecule has 2 fully saturated rings. The molecule has 0 aromatic heterocycles. The SMILES string of the molecule is Cl.NC1CC2CCCC(C1)C2NC(=O)CC(F)(F)F. The van der Waals surface area contributed by atoms with Gasteiger partial charge in [0.25, 0.3) is 0 Å². The summed E-state index contributed by atoms with van der Waals surface area (Å²) in [7, 11) is 0. The predicted molar refractivity (Wildman–Crippen MR) is 67.9 cm³/mol. The number of amides is 1. The molecule has 2 rings (SSSR count). The van der Waals surface area contributed by atoms with Gasteiger partial charge in [-0.3, -0.25) is 4.79 Å². The van der Waals surface area contributed by atoms with E-state index in [1.165, 1.54) is 0 Å². The lowest BCUT2D eigenvalue weighted by molar-refractivity contribution is -0.155. The van der Waals surface area contributed by atoms with Gasteiger partial charge in [0.1, 0.15) is 6.42 Å². The first kappa shape index (κ1) is 16.6. The Labute approximate surface area is 116 Å². The molecule has 0 heterocycles. The third kappa shape index (κ3) is 4.53. The average molecular weight is 301 g/mol. The van der Waals surface area contributed by atoms with Crippen molar-refractivity contribution in [1.29, 1.82) is 0 Å². The summed E-state index contributed by atoms with van der Waals surface area (Å²) in [6.07, 6.45) is -1.17. The van der Waals surface area contributed by atoms with Crippen LogP contribution in [0.4, 0.5) is 13.2 Å². The Hall–Kier alpha value is -0.490. The molecular weight excluding hydrogens is 281 g/mol. The number of alkyl halides is 3. The normalized spacial score (nSPS) is 34.3. The minimum atomic E-state index is -4.43. The largest absolute Gasteiger partial charge is 0.397 e. The highest BCUT2D eigenvalue weighted by Gasteiger charge is 2.41. The fourth-order valence-electron chi connectivity index (χ4n) is 3.44. The van der Waals surface area contributed by atoms with Crippen LogP contribution in [0, 0.1) is 11.8 Å². The molecular formula is C12H20ClF3N2O. The van der Waals surface area contributed by atoms with Crippen molar-refractivity contribution in [3.05, 3.63) is 0 Å². The van der Waals surface area contributed by atoms with E-state index < -0.39 is 18.5 Å². The highest BCUT2D eigenvalue weighted by molar-refractivity contribution is 5.85. The highest BCUT2D eigenvalue weighted by Crippen LogP contribution is 2.39. The van der Waals surface area contributed by atoms with Gasteiger partial charge < -0.3 is 11.1 Å². The molecule has 2 aliphatic rings. The molecule has 19 heavy (non-hydrogen) atoms. The standard InChI is InChI=1S/C12H19F3N2O.ClH/c13-12(14,15)6-10(18)17-11-7-2-1-3-8(11)5-9(16)4-7;/h7-9,11H,1-6,16H2,(H,17,18);1H. The van der Waals surface area contributed by atoms with E-state index in [-0.39, 0.29) is 36.3 Å². The van der Waals surface area contributed by atoms with E-state index in [4.69, 9.17) is 5.73 Å². The lowest BCUT2D eigenvalue weighted by atomic mass is 9.67. The Kier molecular flexibility index (Phi) is 5.50. The van der Waals surface area contributed by atoms with E-state index in [1.807, 2.05) is 0 Å². The number of halogens is 4. The van der Waals surface area contributed by atoms with E-state index >= 15 is 0 Å². The van der Waals surface area contributed by atoms with Crippen LogP contribution >= 0.6 is 12.4 Å². The van der Waals surface area contributed by atoms with Crippen LogP contribution in [0.2, 0.25) is 0 Å². The van der Waals surface area contributed by atoms with E-state index in [0.29, 0.717) is 0 Å². The summed E-state index contributed by atoms with van der Waals surface area (Å²) in [4.78, 5) is 11.4. The molecule has 0 saturated heterocycles. The molecule has 2 bridgehead atoms. The van der Waals surface area contributed by atoms with Crippen LogP contribution < -0.4 is 11.1 Å². The summed E-state index contributed by atoms with van der Waals surface area (Å²) < 4.78 is 36.4. The van der Waals surface area contributed by atoms with Crippen LogP contribution in [0.15, 0.2) is 0 Å². The van der Waals surface area contributed by atoms with Crippen LogP contribution in [0.5, 0.6) is 0 Å². The van der Waals surface area contributed by atoms with Crippen LogP contribution in [0.25, 0.3) is 0 Å². The van der Waals surface area contributed by atoms with E-state index in [0.717, 1.165) is 32.1 Å². The maximum atomic E-state index is 12.1. The first-order valence-electron chi connectivity index (χ1n) is 6.47. The molecule has 112 valence electrons. The molecule has 0 aliphatic heterocycles. The number of hydrogen-bond donors (Lipinski definition) is 2. The number of carbonyl (C=O) groups is 1. The van der Waals surface area contributed by atoms with Crippen LogP contribution in [-0.4, -0.2) is 24.2 Å². The van der Waals surface area contributed by atoms with Crippen molar-refractivity contribution in [3.63, 3.8) is 0 Å². The second-order valence-corrected chi connectivity index (χ2v) is 5.57. The van der Waals surface area contributed by atoms with E-state index in [1.54, 1.807) is 0 Å². The van der Waals surface area contributed by atoms with Gasteiger partial charge in [0.2, 0.25) is 5.91 Å². The van der Waals surface area contributed by atoms with Gasteiger partial charge in [-0.15, -0.1) is 12.4 Å². The number of nitrogens with two attached hydrogens (primary N) is 1. The van der Waals surface area contributed by atoms with Crippen LogP contribution in [0.3, 0.4) is 0 Å². The number of hydrogen-bond acceptors (Lipinski definition) is 2. The van der Waals surface area contributed by atoms with Crippen molar-refractivity contribution in [2.24, 2.45) is 17.6 Å². The summed E-state index contributed by atoms with van der Waals surface area (Å²) in [5.41, 5.74) is 5.93. The fraction of sp³-hybridized carbons (Fsp3) is 0.917. The second kappa shape index (κ2) is 6.31. The van der Waals surface area contributed by atoms with Gasteiger partial charge in [-0.1, -0.05) is 6.42 Å². The van der Waals surface area contributed by atoms with Gasteiger partial charge in [0, 0.05) is 12.1 Å². The summed E-state index contributed by atoms with van der Waals surface area (Å²) in [6.45, 7) is 0. The van der Waals surface area contributed by atoms with Crippen molar-refractivity contribution < 1.29 is 18.0 Å². The first-order chi connectivity index (χ1) is 8.35. The van der Waals surface area contributed by atoms with Crippen LogP contribution in [-0.2, 0) is 4.79 Å². The quantitative estimate of drug-likeness (QED) is 0.823. The van der Waals surface area contributed by atoms with Crippen molar-refractivity contribution in [2.75, 3.05) is 0 Å². The van der Waals surface area contributed by atoms with Gasteiger partial charge in [-0.05, 0) is 37.5 Å². The molecule has 1 amide bonds. The number of rotatable bonds is 2. The summed E-state index contributed by atoms with van der Waals surface area (Å²) >= 11 is 0. The highest BCUT2D eigenvalue weighted by atomic mass is 35.5. The molecule has 0 spiro atoms. The van der Waals surface area contributed by atoms with Gasteiger partial charge >= 0.3 is 6.18 Å². The maximum Gasteiger partial charge on any atom is 0.397 e. The van der Waals surface area contributed by atoms with Gasteiger partial charge in [0.15, 0.2) is 0 Å². The van der Waals surface area contributed by atoms with Gasteiger partial charge in [-0.2, -0.15) is 13.2 Å². The summed E-state index contributed by atoms with van der Waals surface area (Å²) in [5, 5.41) is 2.58. The van der Waals surface area contributed by atoms with Crippen molar-refractivity contribution in [2.45, 2.75) is 56.8 Å². The zero-order chi connectivity index (χ0) is 13.3. The molecule has 2 aliphatic carbocycles. The minimum Gasteiger partial charge on any atom is -0.353 e. The Morgan fingerprint density at radius 3 is 2.21 bits per heavy atom. The Bertz CT molecular complexity index is 311. The Morgan fingerprint density at radius 2 is 1.74 bits per heavy atom. The Morgan fingerprint density at radius 1 is 1.21 bits per heavy atom. The number of carbonyl (C=O) groups excluding carboxylic acids is 1. The van der Waals surface area contributed by atoms with Crippen molar-refractivity contribution in [1.82, 2.24) is 5.32 Å². The van der Waals surface area contributed by atoms with Gasteiger partial charge in [-0.25, -0.2) is 0 Å². The molecule has 2 atom stereocenters. The molecule has 7 heteroatoms. The average Bonchev–Trinajstić information content (AvgIpc) is 2.16. The topological polar surface area (TPSA) is 55.1 Å². The molecule has 0 aromatic carbocycles. The third-order valence-corrected chi connectivity index (χ3v) is 4.07. The number of fused-ring (bicyclic) bond motifs is 2. The summed E-state index contributed by atoms with van der Waals surface area (Å²) in [6, 6.07) is 0.0319. The lowest BCUT2D eigenvalue weighted by Crippen LogP contribution is -2.54. The predicted octanol–water partition coefficient (Wildman–Crippen LogP) is 2.38. The number of nitrogens with one attached hydrogen (secondary N) is 1. The van der Waals surface area contributed by atoms with E-state index in [9.17, 15) is 18.0 Å². The van der Waals surface area contributed by atoms with Crippen molar-refractivity contribution in [3.8, 4) is 0 Å². The summed E-state index contributed by atoms with van der Waals surface area (Å²) in [5.74, 6) is -0.394. The molecule has 2 saturated carbocycles.